The number of hydrogen-bond acceptors (Lipinski definition) is 5. The van der Waals surface area contributed by atoms with Gasteiger partial charge in [0.2, 0.25) is 0 Å². The van der Waals surface area contributed by atoms with Gasteiger partial charge in [-0.15, -0.1) is 0 Å². The molecule has 6 nitrogen and oxygen atoms in total. The van der Waals surface area contributed by atoms with Crippen molar-refractivity contribution in [3.8, 4) is 0 Å². The lowest BCUT2D eigenvalue weighted by Crippen LogP contribution is -2.49. The Morgan fingerprint density at radius 2 is 1.51 bits per heavy atom. The fourth-order valence-corrected chi connectivity index (χ4v) is 5.31. The van der Waals surface area contributed by atoms with E-state index in [1.807, 2.05) is 4.90 Å². The Morgan fingerprint density at radius 3 is 2.13 bits per heavy atom. The molecule has 3 heterocycles. The molecule has 0 saturated carbocycles. The molecular formula is C26H18Cl4F3N5O. The average molecular weight is 615 g/mol. The van der Waals surface area contributed by atoms with Crippen LogP contribution in [0.3, 0.4) is 0 Å². The molecular weight excluding hydrogens is 597 g/mol. The SMILES string of the molecule is O=C(c1ccc(Nc2ccnc3cc(C(F)(F)F)ccc23)cc1)N1CCN(c2c(Cl)c(Cl)nc(Cl)c2Cl)CC1. The number of piperazine rings is 1. The molecule has 1 amide bonds. The summed E-state index contributed by atoms with van der Waals surface area (Å²) in [6.45, 7) is 1.78. The highest BCUT2D eigenvalue weighted by Crippen LogP contribution is 2.41. The number of nitrogens with zero attached hydrogens (tertiary/aromatic N) is 4. The highest BCUT2D eigenvalue weighted by molar-refractivity contribution is 6.48. The molecule has 1 aliphatic rings. The zero-order valence-electron chi connectivity index (χ0n) is 19.9. The van der Waals surface area contributed by atoms with E-state index >= 15 is 0 Å². The predicted octanol–water partition coefficient (Wildman–Crippen LogP) is 7.97. The number of amides is 1. The minimum atomic E-state index is -4.45. The Bertz CT molecular complexity index is 1530. The molecule has 1 aliphatic heterocycles. The number of pyridine rings is 2. The summed E-state index contributed by atoms with van der Waals surface area (Å²) in [6.07, 6.45) is -3.01. The number of nitrogens with one attached hydrogen (secondary N) is 1. The molecule has 39 heavy (non-hydrogen) atoms. The van der Waals surface area contributed by atoms with Crippen molar-refractivity contribution in [3.05, 3.63) is 86.2 Å². The van der Waals surface area contributed by atoms with E-state index in [9.17, 15) is 18.0 Å². The Labute approximate surface area is 241 Å². The number of carbonyl (C=O) groups is 1. The van der Waals surface area contributed by atoms with E-state index in [4.69, 9.17) is 46.4 Å². The van der Waals surface area contributed by atoms with Crippen LogP contribution < -0.4 is 10.2 Å². The van der Waals surface area contributed by atoms with Crippen LogP contribution >= 0.6 is 46.4 Å². The van der Waals surface area contributed by atoms with E-state index in [2.05, 4.69) is 15.3 Å². The predicted molar refractivity (Wildman–Crippen MR) is 149 cm³/mol. The molecule has 0 atom stereocenters. The van der Waals surface area contributed by atoms with Crippen molar-refractivity contribution in [2.24, 2.45) is 0 Å². The molecule has 2 aromatic heterocycles. The normalized spacial score (nSPS) is 14.1. The van der Waals surface area contributed by atoms with E-state index in [0.29, 0.717) is 54.2 Å². The second-order valence-electron chi connectivity index (χ2n) is 8.74. The number of aromatic nitrogens is 2. The highest BCUT2D eigenvalue weighted by Gasteiger charge is 2.31. The smallest absolute Gasteiger partial charge is 0.365 e. The highest BCUT2D eigenvalue weighted by atomic mass is 35.5. The standard InChI is InChI=1S/C26H18Cl4F3N5O/c27-20-22(21(28)24(30)36-23(20)29)37-9-11-38(12-10-37)25(39)14-1-4-16(5-2-14)35-18-7-8-34-19-13-15(26(31,32)33)3-6-17(18)19/h1-8,13H,9-12H2,(H,34,35). The summed E-state index contributed by atoms with van der Waals surface area (Å²) in [6, 6.07) is 12.0. The van der Waals surface area contributed by atoms with E-state index in [1.54, 1.807) is 35.2 Å². The van der Waals surface area contributed by atoms with Crippen molar-refractivity contribution in [2.45, 2.75) is 6.18 Å². The molecule has 202 valence electrons. The lowest BCUT2D eigenvalue weighted by atomic mass is 10.1. The third kappa shape index (κ3) is 5.68. The van der Waals surface area contributed by atoms with Gasteiger partial charge in [0.25, 0.3) is 5.91 Å². The molecule has 0 radical (unpaired) electrons. The second-order valence-corrected chi connectivity index (χ2v) is 10.2. The van der Waals surface area contributed by atoms with Gasteiger partial charge in [-0.1, -0.05) is 52.5 Å². The third-order valence-corrected chi connectivity index (χ3v) is 7.79. The number of carbonyl (C=O) groups excluding carboxylic acids is 1. The van der Waals surface area contributed by atoms with Crippen LogP contribution in [-0.4, -0.2) is 47.0 Å². The maximum absolute atomic E-state index is 13.1. The summed E-state index contributed by atoms with van der Waals surface area (Å²) >= 11 is 24.7. The summed E-state index contributed by atoms with van der Waals surface area (Å²) in [5, 5.41) is 4.25. The van der Waals surface area contributed by atoms with Crippen LogP contribution in [0.2, 0.25) is 20.4 Å². The molecule has 0 bridgehead atoms. The first kappa shape index (κ1) is 27.6. The van der Waals surface area contributed by atoms with E-state index < -0.39 is 11.7 Å². The molecule has 0 spiro atoms. The van der Waals surface area contributed by atoms with Gasteiger partial charge >= 0.3 is 6.18 Å². The van der Waals surface area contributed by atoms with Crippen LogP contribution in [0.5, 0.6) is 0 Å². The topological polar surface area (TPSA) is 61.4 Å². The summed E-state index contributed by atoms with van der Waals surface area (Å²) < 4.78 is 39.2. The number of alkyl halides is 3. The van der Waals surface area contributed by atoms with Crippen molar-refractivity contribution in [3.63, 3.8) is 0 Å². The molecule has 5 rings (SSSR count). The van der Waals surface area contributed by atoms with Crippen molar-refractivity contribution in [2.75, 3.05) is 36.4 Å². The third-order valence-electron chi connectivity index (χ3n) is 6.34. The summed E-state index contributed by atoms with van der Waals surface area (Å²) in [4.78, 5) is 24.7. The van der Waals surface area contributed by atoms with E-state index in [1.165, 1.54) is 12.3 Å². The Hall–Kier alpha value is -2.98. The van der Waals surface area contributed by atoms with Crippen molar-refractivity contribution < 1.29 is 18.0 Å². The van der Waals surface area contributed by atoms with Gasteiger partial charge in [-0.25, -0.2) is 4.98 Å². The number of benzene rings is 2. The Morgan fingerprint density at radius 1 is 0.872 bits per heavy atom. The van der Waals surface area contributed by atoms with Gasteiger partial charge in [-0.05, 0) is 42.5 Å². The maximum atomic E-state index is 13.1. The molecule has 0 unspecified atom stereocenters. The number of hydrogen-bond donors (Lipinski definition) is 1. The van der Waals surface area contributed by atoms with Crippen LogP contribution in [0.25, 0.3) is 10.9 Å². The number of anilines is 3. The molecule has 4 aromatic rings. The zero-order chi connectivity index (χ0) is 27.9. The molecule has 2 aromatic carbocycles. The van der Waals surface area contributed by atoms with E-state index in [-0.39, 0.29) is 31.8 Å². The average Bonchev–Trinajstić information content (AvgIpc) is 2.92. The van der Waals surface area contributed by atoms with Crippen molar-refractivity contribution in [1.82, 2.24) is 14.9 Å². The Kier molecular flexibility index (Phi) is 7.70. The van der Waals surface area contributed by atoms with Crippen LogP contribution in [0, 0.1) is 0 Å². The first-order chi connectivity index (χ1) is 18.5. The molecule has 13 heteroatoms. The summed E-state index contributed by atoms with van der Waals surface area (Å²) in [5.74, 6) is -0.141. The van der Waals surface area contributed by atoms with E-state index in [0.717, 1.165) is 12.1 Å². The van der Waals surface area contributed by atoms with Crippen molar-refractivity contribution >= 4 is 80.3 Å². The number of halogens is 7. The van der Waals surface area contributed by atoms with Gasteiger partial charge in [0.15, 0.2) is 10.3 Å². The number of rotatable bonds is 4. The zero-order valence-corrected chi connectivity index (χ0v) is 22.9. The van der Waals surface area contributed by atoms with Gasteiger partial charge in [-0.2, -0.15) is 13.2 Å². The Balaban J connectivity index is 1.26. The molecule has 1 N–H and O–H groups in total. The maximum Gasteiger partial charge on any atom is 0.416 e. The molecule has 1 fully saturated rings. The monoisotopic (exact) mass is 613 g/mol. The van der Waals surface area contributed by atoms with Gasteiger partial charge in [0.1, 0.15) is 10.0 Å². The number of fused-ring (bicyclic) bond motifs is 1. The van der Waals surface area contributed by atoms with Crippen LogP contribution in [0.15, 0.2) is 54.7 Å². The van der Waals surface area contributed by atoms with Gasteiger partial charge in [-0.3, -0.25) is 9.78 Å². The second kappa shape index (κ2) is 10.9. The van der Waals surface area contributed by atoms with Crippen LogP contribution in [0.1, 0.15) is 15.9 Å². The molecule has 1 saturated heterocycles. The largest absolute Gasteiger partial charge is 0.416 e. The van der Waals surface area contributed by atoms with Crippen LogP contribution in [0.4, 0.5) is 30.2 Å². The first-order valence-corrected chi connectivity index (χ1v) is 13.1. The van der Waals surface area contributed by atoms with Crippen molar-refractivity contribution in [1.29, 1.82) is 0 Å². The molecule has 0 aliphatic carbocycles. The fraction of sp³-hybridized carbons (Fsp3) is 0.192. The minimum absolute atomic E-state index is 0.0547. The van der Waals surface area contributed by atoms with Gasteiger partial charge in [0.05, 0.1) is 16.8 Å². The summed E-state index contributed by atoms with van der Waals surface area (Å²) in [5.41, 5.74) is 1.71. The lowest BCUT2D eigenvalue weighted by Gasteiger charge is -2.37. The van der Waals surface area contributed by atoms with Gasteiger partial charge in [0, 0.05) is 54.7 Å². The quantitative estimate of drug-likeness (QED) is 0.236. The van der Waals surface area contributed by atoms with Crippen LogP contribution in [-0.2, 0) is 6.18 Å². The lowest BCUT2D eigenvalue weighted by molar-refractivity contribution is -0.137. The minimum Gasteiger partial charge on any atom is -0.365 e. The first-order valence-electron chi connectivity index (χ1n) is 11.6. The van der Waals surface area contributed by atoms with Gasteiger partial charge < -0.3 is 15.1 Å². The summed E-state index contributed by atoms with van der Waals surface area (Å²) in [7, 11) is 0. The fourth-order valence-electron chi connectivity index (χ4n) is 4.35.